The van der Waals surface area contributed by atoms with E-state index < -0.39 is 0 Å². The van der Waals surface area contributed by atoms with E-state index in [1.807, 2.05) is 0 Å². The summed E-state index contributed by atoms with van der Waals surface area (Å²) >= 11 is 0. The number of hydrogen-bond donors (Lipinski definition) is 1. The maximum Gasteiger partial charge on any atom is 0.333 e. The van der Waals surface area contributed by atoms with Gasteiger partial charge in [-0.05, 0) is 105 Å². The first-order valence-corrected chi connectivity index (χ1v) is 15.1. The van der Waals surface area contributed by atoms with E-state index in [1.165, 1.54) is 56.9 Å². The van der Waals surface area contributed by atoms with E-state index >= 15 is 0 Å². The van der Waals surface area contributed by atoms with Crippen LogP contribution in [-0.4, -0.2) is 37.5 Å². The number of aliphatic hydroxyl groups excluding tert-OH is 1. The Morgan fingerprint density at radius 1 is 1.05 bits per heavy atom. The molecule has 0 radical (unpaired) electrons. The highest BCUT2D eigenvalue weighted by molar-refractivity contribution is 5.86. The lowest BCUT2D eigenvalue weighted by Gasteiger charge is -2.35. The quantitative estimate of drug-likeness (QED) is 0.0908. The van der Waals surface area contributed by atoms with Crippen molar-refractivity contribution >= 4 is 5.97 Å². The molecule has 1 aromatic carbocycles. The molecule has 0 amide bonds. The minimum Gasteiger partial charge on any atom is -0.462 e. The summed E-state index contributed by atoms with van der Waals surface area (Å²) in [6, 6.07) is 7.31. The van der Waals surface area contributed by atoms with Crippen molar-refractivity contribution in [3.8, 4) is 0 Å². The summed E-state index contributed by atoms with van der Waals surface area (Å²) in [6.45, 7) is 17.0. The largest absolute Gasteiger partial charge is 0.462 e. The van der Waals surface area contributed by atoms with Crippen LogP contribution in [-0.2, 0) is 27.1 Å². The average molecular weight is 527 g/mol. The molecule has 1 atom stereocenters. The molecule has 0 aliphatic heterocycles. The Labute approximate surface area is 232 Å². The molecule has 38 heavy (non-hydrogen) atoms. The number of aryl methyl sites for hydroxylation is 2. The summed E-state index contributed by atoms with van der Waals surface area (Å²) in [4.78, 5) is 12.1. The summed E-state index contributed by atoms with van der Waals surface area (Å²) in [5, 5.41) is 9.26. The van der Waals surface area contributed by atoms with Gasteiger partial charge in [-0.3, -0.25) is 0 Å². The molecule has 1 fully saturated rings. The molecule has 1 N–H and O–H groups in total. The standard InChI is InChI=1S/C34H54O4/c1-7-10-11-12-30-17-18-32(21-29(30)8-2)31-15-13-28(14-16-31)19-20-34(9-3,24-37-23-27(6)22-35)25-38-33(36)26(4)5/h17-18,21,28,31,35H,4,6-16,19-20,22-25H2,1-3,5H3. The zero-order valence-corrected chi connectivity index (χ0v) is 24.8. The number of hydrogen-bond acceptors (Lipinski definition) is 4. The molecule has 1 aliphatic rings. The van der Waals surface area contributed by atoms with Crippen LogP contribution in [0.3, 0.4) is 0 Å². The molecule has 1 aliphatic carbocycles. The van der Waals surface area contributed by atoms with Crippen molar-refractivity contribution in [2.24, 2.45) is 11.3 Å². The number of esters is 1. The number of carbonyl (C=O) groups is 1. The summed E-state index contributed by atoms with van der Waals surface area (Å²) < 4.78 is 11.6. The topological polar surface area (TPSA) is 55.8 Å². The molecule has 1 saturated carbocycles. The number of ether oxygens (including phenoxy) is 2. The molecule has 0 bridgehead atoms. The van der Waals surface area contributed by atoms with Gasteiger partial charge in [-0.1, -0.05) is 65.0 Å². The molecular formula is C34H54O4. The fraction of sp³-hybridized carbons (Fsp3) is 0.676. The van der Waals surface area contributed by atoms with Gasteiger partial charge in [0.25, 0.3) is 0 Å². The minimum absolute atomic E-state index is 0.0751. The van der Waals surface area contributed by atoms with Crippen LogP contribution in [0.2, 0.25) is 0 Å². The number of unbranched alkanes of at least 4 members (excludes halogenated alkanes) is 2. The summed E-state index contributed by atoms with van der Waals surface area (Å²) in [7, 11) is 0. The van der Waals surface area contributed by atoms with Gasteiger partial charge in [0, 0.05) is 11.0 Å². The molecule has 4 nitrogen and oxygen atoms in total. The molecule has 2 rings (SSSR count). The second-order valence-corrected chi connectivity index (χ2v) is 11.7. The first kappa shape index (κ1) is 32.3. The molecular weight excluding hydrogens is 472 g/mol. The van der Waals surface area contributed by atoms with Crippen LogP contribution in [0.25, 0.3) is 0 Å². The van der Waals surface area contributed by atoms with Crippen molar-refractivity contribution in [3.05, 3.63) is 59.2 Å². The molecule has 4 heteroatoms. The SMILES string of the molecule is C=C(CO)COCC(CC)(CCC1CCC(c2ccc(CCCCC)c(CC)c2)CC1)COC(=O)C(=C)C. The van der Waals surface area contributed by atoms with Gasteiger partial charge in [0.2, 0.25) is 0 Å². The highest BCUT2D eigenvalue weighted by Gasteiger charge is 2.33. The van der Waals surface area contributed by atoms with Crippen molar-refractivity contribution in [2.75, 3.05) is 26.4 Å². The minimum atomic E-state index is -0.342. The van der Waals surface area contributed by atoms with Gasteiger partial charge in [-0.25, -0.2) is 4.79 Å². The molecule has 0 spiro atoms. The maximum atomic E-state index is 12.1. The highest BCUT2D eigenvalue weighted by atomic mass is 16.5. The normalized spacial score (nSPS) is 19.1. The second-order valence-electron chi connectivity index (χ2n) is 11.7. The summed E-state index contributed by atoms with van der Waals surface area (Å²) in [5.74, 6) is 1.02. The fourth-order valence-electron chi connectivity index (χ4n) is 5.70. The number of aliphatic hydroxyl groups is 1. The zero-order valence-electron chi connectivity index (χ0n) is 24.8. The van der Waals surface area contributed by atoms with E-state index in [9.17, 15) is 9.90 Å². The molecule has 0 heterocycles. The van der Waals surface area contributed by atoms with Crippen LogP contribution in [0, 0.1) is 11.3 Å². The average Bonchev–Trinajstić information content (AvgIpc) is 2.94. The van der Waals surface area contributed by atoms with Crippen molar-refractivity contribution in [1.29, 1.82) is 0 Å². The Morgan fingerprint density at radius 2 is 1.79 bits per heavy atom. The van der Waals surface area contributed by atoms with E-state index in [2.05, 4.69) is 52.1 Å². The van der Waals surface area contributed by atoms with Crippen molar-refractivity contribution < 1.29 is 19.4 Å². The Bertz CT molecular complexity index is 880. The van der Waals surface area contributed by atoms with Gasteiger partial charge in [-0.2, -0.15) is 0 Å². The smallest absolute Gasteiger partial charge is 0.333 e. The fourth-order valence-corrected chi connectivity index (χ4v) is 5.70. The van der Waals surface area contributed by atoms with Gasteiger partial charge in [0.15, 0.2) is 0 Å². The monoisotopic (exact) mass is 526 g/mol. The molecule has 1 unspecified atom stereocenters. The lowest BCUT2D eigenvalue weighted by atomic mass is 9.73. The summed E-state index contributed by atoms with van der Waals surface area (Å²) in [6.07, 6.45) is 14.1. The van der Waals surface area contributed by atoms with E-state index in [0.29, 0.717) is 42.8 Å². The molecule has 214 valence electrons. The van der Waals surface area contributed by atoms with Gasteiger partial charge in [-0.15, -0.1) is 0 Å². The van der Waals surface area contributed by atoms with Crippen LogP contribution in [0.1, 0.15) is 115 Å². The number of rotatable bonds is 18. The highest BCUT2D eigenvalue weighted by Crippen LogP contribution is 2.41. The lowest BCUT2D eigenvalue weighted by molar-refractivity contribution is -0.144. The van der Waals surface area contributed by atoms with E-state index in [0.717, 1.165) is 25.7 Å². The Hall–Kier alpha value is -1.91. The van der Waals surface area contributed by atoms with Crippen molar-refractivity contribution in [2.45, 2.75) is 111 Å². The first-order chi connectivity index (χ1) is 18.3. The molecule has 1 aromatic rings. The summed E-state index contributed by atoms with van der Waals surface area (Å²) in [5.41, 5.74) is 5.47. The van der Waals surface area contributed by atoms with Crippen LogP contribution < -0.4 is 0 Å². The third kappa shape index (κ3) is 10.3. The predicted molar refractivity (Wildman–Crippen MR) is 159 cm³/mol. The van der Waals surface area contributed by atoms with Gasteiger partial charge in [0.1, 0.15) is 0 Å². The van der Waals surface area contributed by atoms with Gasteiger partial charge in [0.05, 0.1) is 26.4 Å². The van der Waals surface area contributed by atoms with E-state index in [1.54, 1.807) is 18.1 Å². The molecule has 0 aromatic heterocycles. The van der Waals surface area contributed by atoms with Crippen LogP contribution in [0.4, 0.5) is 0 Å². The second kappa shape index (κ2) is 16.9. The van der Waals surface area contributed by atoms with Crippen molar-refractivity contribution in [3.63, 3.8) is 0 Å². The Kier molecular flexibility index (Phi) is 14.4. The molecule has 0 saturated heterocycles. The van der Waals surface area contributed by atoms with E-state index in [-0.39, 0.29) is 18.0 Å². The lowest BCUT2D eigenvalue weighted by Crippen LogP contribution is -2.34. The Balaban J connectivity index is 1.95. The maximum absolute atomic E-state index is 12.1. The van der Waals surface area contributed by atoms with Crippen LogP contribution in [0.5, 0.6) is 0 Å². The van der Waals surface area contributed by atoms with Crippen LogP contribution in [0.15, 0.2) is 42.5 Å². The van der Waals surface area contributed by atoms with E-state index in [4.69, 9.17) is 9.47 Å². The van der Waals surface area contributed by atoms with Gasteiger partial charge < -0.3 is 14.6 Å². The zero-order chi connectivity index (χ0) is 28.0. The van der Waals surface area contributed by atoms with Gasteiger partial charge >= 0.3 is 5.97 Å². The first-order valence-electron chi connectivity index (χ1n) is 15.1. The predicted octanol–water partition coefficient (Wildman–Crippen LogP) is 8.12. The van der Waals surface area contributed by atoms with Crippen molar-refractivity contribution in [1.82, 2.24) is 0 Å². The number of carbonyl (C=O) groups excluding carboxylic acids is 1. The number of benzene rings is 1. The third-order valence-electron chi connectivity index (χ3n) is 8.61. The Morgan fingerprint density at radius 3 is 2.39 bits per heavy atom. The van der Waals surface area contributed by atoms with Crippen LogP contribution >= 0.6 is 0 Å². The third-order valence-corrected chi connectivity index (χ3v) is 8.61.